The molecule has 2 rings (SSSR count). The Morgan fingerprint density at radius 1 is 0.880 bits per heavy atom. The van der Waals surface area contributed by atoms with Crippen molar-refractivity contribution in [1.82, 2.24) is 10.6 Å². The van der Waals surface area contributed by atoms with Gasteiger partial charge in [0, 0.05) is 6.54 Å². The fourth-order valence-electron chi connectivity index (χ4n) is 2.05. The van der Waals surface area contributed by atoms with Crippen LogP contribution in [0.1, 0.15) is 12.0 Å². The molecule has 0 saturated heterocycles. The van der Waals surface area contributed by atoms with E-state index >= 15 is 0 Å². The molecule has 0 aliphatic heterocycles. The molecule has 2 N–H and O–H groups in total. The number of benzene rings is 2. The van der Waals surface area contributed by atoms with E-state index in [0.717, 1.165) is 11.3 Å². The summed E-state index contributed by atoms with van der Waals surface area (Å²) in [5.41, 5.74) is 0.955. The molecule has 6 nitrogen and oxygen atoms in total. The summed E-state index contributed by atoms with van der Waals surface area (Å²) in [5, 5.41) is 5.32. The zero-order valence-corrected chi connectivity index (χ0v) is 14.2. The van der Waals surface area contributed by atoms with Crippen molar-refractivity contribution in [1.29, 1.82) is 0 Å². The molecule has 132 valence electrons. The zero-order valence-electron chi connectivity index (χ0n) is 14.2. The maximum absolute atomic E-state index is 11.8. The maximum atomic E-state index is 11.8. The van der Waals surface area contributed by atoms with Gasteiger partial charge >= 0.3 is 0 Å². The molecule has 0 atom stereocenters. The summed E-state index contributed by atoms with van der Waals surface area (Å²) in [6, 6.07) is 16.7. The highest BCUT2D eigenvalue weighted by atomic mass is 16.5. The summed E-state index contributed by atoms with van der Waals surface area (Å²) < 4.78 is 10.5. The third kappa shape index (κ3) is 6.95. The summed E-state index contributed by atoms with van der Waals surface area (Å²) in [5.74, 6) is 1.01. The van der Waals surface area contributed by atoms with Gasteiger partial charge < -0.3 is 20.1 Å². The molecule has 6 heteroatoms. The van der Waals surface area contributed by atoms with E-state index in [0.29, 0.717) is 12.3 Å². The predicted molar refractivity (Wildman–Crippen MR) is 94.4 cm³/mol. The van der Waals surface area contributed by atoms with Crippen LogP contribution in [0.2, 0.25) is 0 Å². The molecular formula is C19H22N2O4. The monoisotopic (exact) mass is 342 g/mol. The van der Waals surface area contributed by atoms with E-state index < -0.39 is 0 Å². The minimum absolute atomic E-state index is 0.0552. The van der Waals surface area contributed by atoms with Gasteiger partial charge in [-0.3, -0.25) is 9.59 Å². The van der Waals surface area contributed by atoms with E-state index in [1.165, 1.54) is 0 Å². The van der Waals surface area contributed by atoms with Crippen molar-refractivity contribution in [3.05, 3.63) is 60.2 Å². The minimum Gasteiger partial charge on any atom is -0.497 e. The van der Waals surface area contributed by atoms with Crippen molar-refractivity contribution in [2.24, 2.45) is 0 Å². The van der Waals surface area contributed by atoms with Crippen LogP contribution in [-0.4, -0.2) is 32.1 Å². The number of carbonyl (C=O) groups is 2. The molecule has 25 heavy (non-hydrogen) atoms. The summed E-state index contributed by atoms with van der Waals surface area (Å²) in [6.07, 6.45) is 0.195. The van der Waals surface area contributed by atoms with Gasteiger partial charge in [-0.15, -0.1) is 0 Å². The number of carbonyl (C=O) groups excluding carboxylic acids is 2. The summed E-state index contributed by atoms with van der Waals surface area (Å²) in [7, 11) is 1.60. The zero-order chi connectivity index (χ0) is 17.9. The standard InChI is InChI=1S/C19H22N2O4/c1-24-16-9-7-15(8-10-16)13-20-19(23)14-21-18(22)11-12-25-17-5-3-2-4-6-17/h2-10H,11-14H2,1H3,(H,20,23)(H,21,22). The Morgan fingerprint density at radius 2 is 1.60 bits per heavy atom. The molecular weight excluding hydrogens is 320 g/mol. The quantitative estimate of drug-likeness (QED) is 0.730. The van der Waals surface area contributed by atoms with Crippen LogP contribution in [0.15, 0.2) is 54.6 Å². The average molecular weight is 342 g/mol. The number of methoxy groups -OCH3 is 1. The van der Waals surface area contributed by atoms with Gasteiger partial charge in [-0.2, -0.15) is 0 Å². The first-order chi connectivity index (χ1) is 12.2. The van der Waals surface area contributed by atoms with Gasteiger partial charge in [0.2, 0.25) is 11.8 Å². The first-order valence-electron chi connectivity index (χ1n) is 8.01. The van der Waals surface area contributed by atoms with E-state index in [-0.39, 0.29) is 31.4 Å². The summed E-state index contributed by atoms with van der Waals surface area (Å²) >= 11 is 0. The van der Waals surface area contributed by atoms with Crippen LogP contribution in [0.5, 0.6) is 11.5 Å². The molecule has 0 bridgehead atoms. The topological polar surface area (TPSA) is 76.7 Å². The second kappa shape index (κ2) is 9.97. The van der Waals surface area contributed by atoms with Crippen molar-refractivity contribution in [2.75, 3.05) is 20.3 Å². The van der Waals surface area contributed by atoms with Crippen molar-refractivity contribution < 1.29 is 19.1 Å². The lowest BCUT2D eigenvalue weighted by molar-refractivity contribution is -0.126. The van der Waals surface area contributed by atoms with E-state index in [1.807, 2.05) is 54.6 Å². The second-order valence-corrected chi connectivity index (χ2v) is 5.31. The molecule has 2 amide bonds. The van der Waals surface area contributed by atoms with Crippen molar-refractivity contribution >= 4 is 11.8 Å². The molecule has 0 fully saturated rings. The summed E-state index contributed by atoms with van der Waals surface area (Å²) in [6.45, 7) is 0.611. The lowest BCUT2D eigenvalue weighted by Crippen LogP contribution is -2.37. The number of rotatable bonds is 9. The van der Waals surface area contributed by atoms with Gasteiger partial charge in [0.1, 0.15) is 11.5 Å². The molecule has 0 spiro atoms. The van der Waals surface area contributed by atoms with E-state index in [9.17, 15) is 9.59 Å². The molecule has 0 aliphatic rings. The molecule has 0 aromatic heterocycles. The number of hydrogen-bond acceptors (Lipinski definition) is 4. The average Bonchev–Trinajstić information content (AvgIpc) is 2.66. The minimum atomic E-state index is -0.242. The van der Waals surface area contributed by atoms with Gasteiger partial charge in [-0.25, -0.2) is 0 Å². The lowest BCUT2D eigenvalue weighted by atomic mass is 10.2. The van der Waals surface area contributed by atoms with Crippen LogP contribution in [0, 0.1) is 0 Å². The van der Waals surface area contributed by atoms with E-state index in [2.05, 4.69) is 10.6 Å². The molecule has 2 aromatic rings. The highest BCUT2D eigenvalue weighted by Crippen LogP contribution is 2.11. The van der Waals surface area contributed by atoms with Crippen molar-refractivity contribution in [3.63, 3.8) is 0 Å². The first-order valence-corrected chi connectivity index (χ1v) is 8.01. The highest BCUT2D eigenvalue weighted by molar-refractivity contribution is 5.84. The number of hydrogen-bond donors (Lipinski definition) is 2. The third-order valence-corrected chi connectivity index (χ3v) is 3.44. The summed E-state index contributed by atoms with van der Waals surface area (Å²) in [4.78, 5) is 23.5. The second-order valence-electron chi connectivity index (χ2n) is 5.31. The number of para-hydroxylation sites is 1. The Balaban J connectivity index is 1.59. The van der Waals surface area contributed by atoms with Gasteiger partial charge in [0.15, 0.2) is 0 Å². The maximum Gasteiger partial charge on any atom is 0.239 e. The largest absolute Gasteiger partial charge is 0.497 e. The smallest absolute Gasteiger partial charge is 0.239 e. The molecule has 0 radical (unpaired) electrons. The van der Waals surface area contributed by atoms with Crippen LogP contribution >= 0.6 is 0 Å². The Bertz CT molecular complexity index is 672. The van der Waals surface area contributed by atoms with E-state index in [1.54, 1.807) is 7.11 Å². The number of amides is 2. The Labute approximate surface area is 147 Å². The number of ether oxygens (including phenoxy) is 2. The Hall–Kier alpha value is -3.02. The predicted octanol–water partition coefficient (Wildman–Crippen LogP) is 1.90. The fourth-order valence-corrected chi connectivity index (χ4v) is 2.05. The normalized spacial score (nSPS) is 9.96. The van der Waals surface area contributed by atoms with Crippen molar-refractivity contribution in [3.8, 4) is 11.5 Å². The van der Waals surface area contributed by atoms with Crippen LogP contribution in [0.25, 0.3) is 0 Å². The third-order valence-electron chi connectivity index (χ3n) is 3.44. The molecule has 0 aliphatic carbocycles. The molecule has 2 aromatic carbocycles. The van der Waals surface area contributed by atoms with Gasteiger partial charge in [0.05, 0.1) is 26.7 Å². The van der Waals surface area contributed by atoms with Crippen LogP contribution in [0.3, 0.4) is 0 Å². The highest BCUT2D eigenvalue weighted by Gasteiger charge is 2.06. The van der Waals surface area contributed by atoms with Gasteiger partial charge in [0.25, 0.3) is 0 Å². The van der Waals surface area contributed by atoms with Crippen LogP contribution < -0.4 is 20.1 Å². The Morgan fingerprint density at radius 3 is 2.28 bits per heavy atom. The Kier molecular flexibility index (Phi) is 7.31. The van der Waals surface area contributed by atoms with Gasteiger partial charge in [-0.05, 0) is 29.8 Å². The van der Waals surface area contributed by atoms with Crippen LogP contribution in [-0.2, 0) is 16.1 Å². The molecule has 0 saturated carbocycles. The SMILES string of the molecule is COc1ccc(CNC(=O)CNC(=O)CCOc2ccccc2)cc1. The first kappa shape index (κ1) is 18.3. The lowest BCUT2D eigenvalue weighted by Gasteiger charge is -2.08. The van der Waals surface area contributed by atoms with Crippen molar-refractivity contribution in [2.45, 2.75) is 13.0 Å². The fraction of sp³-hybridized carbons (Fsp3) is 0.263. The number of nitrogens with one attached hydrogen (secondary N) is 2. The van der Waals surface area contributed by atoms with E-state index in [4.69, 9.17) is 9.47 Å². The van der Waals surface area contributed by atoms with Crippen LogP contribution in [0.4, 0.5) is 0 Å². The molecule has 0 unspecified atom stereocenters. The molecule has 0 heterocycles. The van der Waals surface area contributed by atoms with Gasteiger partial charge in [-0.1, -0.05) is 30.3 Å².